The topological polar surface area (TPSA) is 76.1 Å². The van der Waals surface area contributed by atoms with Gasteiger partial charge in [0, 0.05) is 6.61 Å². The highest BCUT2D eigenvalue weighted by Crippen LogP contribution is 2.47. The molecule has 0 bridgehead atoms. The Kier molecular flexibility index (Phi) is 7.34. The van der Waals surface area contributed by atoms with E-state index in [1.54, 1.807) is 0 Å². The molecule has 33 heavy (non-hydrogen) atoms. The first-order valence-electron chi connectivity index (χ1n) is 11.4. The van der Waals surface area contributed by atoms with Gasteiger partial charge in [0.05, 0.1) is 13.2 Å². The number of amides is 1. The summed E-state index contributed by atoms with van der Waals surface area (Å²) in [5.41, 5.74) is 3.84. The van der Waals surface area contributed by atoms with Crippen LogP contribution < -0.4 is 0 Å². The Morgan fingerprint density at radius 2 is 1.55 bits per heavy atom. The molecule has 2 aromatic carbocycles. The van der Waals surface area contributed by atoms with Crippen LogP contribution in [0.2, 0.25) is 18.1 Å². The zero-order chi connectivity index (χ0) is 24.4. The molecule has 178 valence electrons. The lowest BCUT2D eigenvalue weighted by Gasteiger charge is -2.37. The highest BCUT2D eigenvalue weighted by Gasteiger charge is 2.42. The smallest absolute Gasteiger partial charge is 0.411 e. The molecule has 0 saturated carbocycles. The number of carboxylic acids is 1. The summed E-state index contributed by atoms with van der Waals surface area (Å²) in [6, 6.07) is 14.1. The molecule has 1 aliphatic rings. The first-order chi connectivity index (χ1) is 15.5. The molecule has 0 heterocycles. The number of carboxylic acid groups (broad SMARTS) is 1. The van der Waals surface area contributed by atoms with Crippen molar-refractivity contribution in [2.45, 2.75) is 63.8 Å². The summed E-state index contributed by atoms with van der Waals surface area (Å²) in [4.78, 5) is 26.8. The van der Waals surface area contributed by atoms with E-state index in [0.717, 1.165) is 22.3 Å². The summed E-state index contributed by atoms with van der Waals surface area (Å²) in [5, 5.41) is 10.2. The maximum atomic E-state index is 13.0. The molecule has 3 rings (SSSR count). The second kappa shape index (κ2) is 9.69. The standard InChI is InChI=1S/C26H35NO5Si/c1-26(2,3)33(5,6)32-17-11-16-22(24(28)29)27(25(30)31-4)23-20-14-9-7-12-18(20)19-13-8-10-15-21(19)23/h7-10,12-15,22-23H,11,16-17H2,1-6H3,(H,28,29)/t22-/m0/s1. The average Bonchev–Trinajstić information content (AvgIpc) is 3.09. The lowest BCUT2D eigenvalue weighted by molar-refractivity contribution is -0.143. The van der Waals surface area contributed by atoms with Gasteiger partial charge in [-0.1, -0.05) is 69.3 Å². The molecule has 0 aromatic heterocycles. The number of rotatable bonds is 8. The van der Waals surface area contributed by atoms with E-state index in [1.807, 2.05) is 48.5 Å². The molecule has 0 saturated heterocycles. The van der Waals surface area contributed by atoms with E-state index >= 15 is 0 Å². The van der Waals surface area contributed by atoms with Crippen molar-refractivity contribution in [3.8, 4) is 11.1 Å². The van der Waals surface area contributed by atoms with E-state index < -0.39 is 32.5 Å². The van der Waals surface area contributed by atoms with Crippen molar-refractivity contribution in [1.82, 2.24) is 4.90 Å². The second-order valence-electron chi connectivity index (χ2n) is 10.1. The number of hydrogen-bond acceptors (Lipinski definition) is 4. The number of aliphatic carboxylic acids is 1. The number of benzene rings is 2. The van der Waals surface area contributed by atoms with Crippen molar-refractivity contribution in [2.75, 3.05) is 13.7 Å². The lowest BCUT2D eigenvalue weighted by Crippen LogP contribution is -2.47. The maximum Gasteiger partial charge on any atom is 0.411 e. The Bertz CT molecular complexity index is 968. The monoisotopic (exact) mass is 469 g/mol. The Morgan fingerprint density at radius 1 is 1.03 bits per heavy atom. The van der Waals surface area contributed by atoms with E-state index in [0.29, 0.717) is 13.0 Å². The minimum Gasteiger partial charge on any atom is -0.480 e. The van der Waals surface area contributed by atoms with Crippen LogP contribution in [-0.2, 0) is 14.0 Å². The minimum atomic E-state index is -1.93. The molecule has 0 aliphatic heterocycles. The highest BCUT2D eigenvalue weighted by molar-refractivity contribution is 6.74. The van der Waals surface area contributed by atoms with Crippen molar-refractivity contribution >= 4 is 20.4 Å². The summed E-state index contributed by atoms with van der Waals surface area (Å²) in [6.45, 7) is 11.3. The summed E-state index contributed by atoms with van der Waals surface area (Å²) in [5.74, 6) is -1.05. The van der Waals surface area contributed by atoms with E-state index in [1.165, 1.54) is 12.0 Å². The third-order valence-corrected chi connectivity index (χ3v) is 11.5. The summed E-state index contributed by atoms with van der Waals surface area (Å²) in [6.07, 6.45) is 0.164. The van der Waals surface area contributed by atoms with Crippen LogP contribution in [0, 0.1) is 0 Å². The van der Waals surface area contributed by atoms with E-state index in [-0.39, 0.29) is 11.5 Å². The summed E-state index contributed by atoms with van der Waals surface area (Å²) >= 11 is 0. The van der Waals surface area contributed by atoms with Crippen LogP contribution in [-0.4, -0.2) is 50.1 Å². The van der Waals surface area contributed by atoms with Gasteiger partial charge in [0.2, 0.25) is 0 Å². The molecule has 0 radical (unpaired) electrons. The maximum absolute atomic E-state index is 13.0. The number of hydrogen-bond donors (Lipinski definition) is 1. The average molecular weight is 470 g/mol. The number of nitrogens with zero attached hydrogens (tertiary/aromatic N) is 1. The van der Waals surface area contributed by atoms with Crippen LogP contribution in [0.3, 0.4) is 0 Å². The molecule has 1 N–H and O–H groups in total. The molecule has 0 spiro atoms. The summed E-state index contributed by atoms with van der Waals surface area (Å²) < 4.78 is 11.3. The predicted molar refractivity (Wildman–Crippen MR) is 132 cm³/mol. The van der Waals surface area contributed by atoms with Crippen LogP contribution in [0.25, 0.3) is 11.1 Å². The third-order valence-electron chi connectivity index (χ3n) is 6.98. The number of methoxy groups -OCH3 is 1. The molecule has 0 fully saturated rings. The molecular weight excluding hydrogens is 434 g/mol. The normalized spacial score (nSPS) is 14.4. The van der Waals surface area contributed by atoms with E-state index in [9.17, 15) is 14.7 Å². The van der Waals surface area contributed by atoms with Gasteiger partial charge in [-0.25, -0.2) is 9.59 Å². The van der Waals surface area contributed by atoms with Gasteiger partial charge in [-0.05, 0) is 53.2 Å². The van der Waals surface area contributed by atoms with Gasteiger partial charge in [0.1, 0.15) is 6.04 Å². The minimum absolute atomic E-state index is 0.0779. The Morgan fingerprint density at radius 3 is 2.00 bits per heavy atom. The van der Waals surface area contributed by atoms with Crippen molar-refractivity contribution in [2.24, 2.45) is 0 Å². The van der Waals surface area contributed by atoms with Crippen LogP contribution in [0.5, 0.6) is 0 Å². The molecule has 1 aliphatic carbocycles. The number of carbonyl (C=O) groups excluding carboxylic acids is 1. The van der Waals surface area contributed by atoms with E-state index in [2.05, 4.69) is 33.9 Å². The third kappa shape index (κ3) is 4.99. The molecule has 1 atom stereocenters. The van der Waals surface area contributed by atoms with Gasteiger partial charge >= 0.3 is 12.1 Å². The SMILES string of the molecule is COC(=O)N(C1c2ccccc2-c2ccccc21)[C@@H](CCCO[Si](C)(C)C(C)(C)C)C(=O)O. The fourth-order valence-electron chi connectivity index (χ4n) is 4.15. The zero-order valence-corrected chi connectivity index (χ0v) is 21.4. The second-order valence-corrected chi connectivity index (χ2v) is 14.9. The fraction of sp³-hybridized carbons (Fsp3) is 0.462. The Balaban J connectivity index is 1.90. The van der Waals surface area contributed by atoms with Crippen molar-refractivity contribution in [3.63, 3.8) is 0 Å². The van der Waals surface area contributed by atoms with Gasteiger partial charge in [-0.15, -0.1) is 0 Å². The molecule has 6 nitrogen and oxygen atoms in total. The quantitative estimate of drug-likeness (QED) is 0.374. The number of fused-ring (bicyclic) bond motifs is 3. The van der Waals surface area contributed by atoms with Gasteiger partial charge < -0.3 is 14.3 Å². The van der Waals surface area contributed by atoms with E-state index in [4.69, 9.17) is 9.16 Å². The number of ether oxygens (including phenoxy) is 1. The van der Waals surface area contributed by atoms with Crippen LogP contribution in [0.1, 0.15) is 50.8 Å². The molecule has 0 unspecified atom stereocenters. The fourth-order valence-corrected chi connectivity index (χ4v) is 5.24. The summed E-state index contributed by atoms with van der Waals surface area (Å²) in [7, 11) is -0.640. The van der Waals surface area contributed by atoms with Crippen molar-refractivity contribution in [1.29, 1.82) is 0 Å². The van der Waals surface area contributed by atoms with Crippen LogP contribution in [0.4, 0.5) is 4.79 Å². The van der Waals surface area contributed by atoms with Crippen molar-refractivity contribution in [3.05, 3.63) is 59.7 Å². The van der Waals surface area contributed by atoms with Gasteiger partial charge in [-0.3, -0.25) is 4.90 Å². The van der Waals surface area contributed by atoms with Gasteiger partial charge in [-0.2, -0.15) is 0 Å². The van der Waals surface area contributed by atoms with Crippen LogP contribution in [0.15, 0.2) is 48.5 Å². The highest BCUT2D eigenvalue weighted by atomic mass is 28.4. The largest absolute Gasteiger partial charge is 0.480 e. The molecular formula is C26H35NO5Si. The van der Waals surface area contributed by atoms with Crippen LogP contribution >= 0.6 is 0 Å². The molecule has 7 heteroatoms. The van der Waals surface area contributed by atoms with Gasteiger partial charge in [0.15, 0.2) is 8.32 Å². The first kappa shape index (κ1) is 25.0. The predicted octanol–water partition coefficient (Wildman–Crippen LogP) is 6.08. The zero-order valence-electron chi connectivity index (χ0n) is 20.4. The molecule has 2 aromatic rings. The van der Waals surface area contributed by atoms with Crippen molar-refractivity contribution < 1.29 is 23.9 Å². The lowest BCUT2D eigenvalue weighted by atomic mass is 10.00. The Hall–Kier alpha value is -2.64. The molecule has 1 amide bonds. The first-order valence-corrected chi connectivity index (χ1v) is 14.3. The Labute approximate surface area is 197 Å². The van der Waals surface area contributed by atoms with Gasteiger partial charge in [0.25, 0.3) is 0 Å². The number of carbonyl (C=O) groups is 2.